The molecule has 0 radical (unpaired) electrons. The number of benzene rings is 1. The Labute approximate surface area is 106 Å². The summed E-state index contributed by atoms with van der Waals surface area (Å²) in [5.74, 6) is -0.478. The van der Waals surface area contributed by atoms with Crippen molar-refractivity contribution in [2.45, 2.75) is 19.8 Å². The fraction of sp³-hybridized carbons (Fsp3) is 0.429. The summed E-state index contributed by atoms with van der Waals surface area (Å²) in [6.07, 6.45) is 2.37. The number of carbonyl (C=O) groups excluding carboxylic acids is 1. The van der Waals surface area contributed by atoms with E-state index in [9.17, 15) is 9.59 Å². The zero-order valence-corrected chi connectivity index (χ0v) is 10.6. The molecule has 1 amide bonds. The van der Waals surface area contributed by atoms with E-state index in [0.717, 1.165) is 12.1 Å². The Morgan fingerprint density at radius 1 is 1.28 bits per heavy atom. The van der Waals surface area contributed by atoms with Gasteiger partial charge in [-0.2, -0.15) is 0 Å². The molecule has 96 valence electrons. The topological polar surface area (TPSA) is 57.6 Å². The largest absolute Gasteiger partial charge is 0.478 e. The molecule has 0 bridgehead atoms. The van der Waals surface area contributed by atoms with E-state index < -0.39 is 5.97 Å². The Morgan fingerprint density at radius 2 is 1.89 bits per heavy atom. The number of carbonyl (C=O) groups is 2. The van der Waals surface area contributed by atoms with Gasteiger partial charge in [-0.1, -0.05) is 0 Å². The van der Waals surface area contributed by atoms with Crippen LogP contribution in [0.2, 0.25) is 0 Å². The van der Waals surface area contributed by atoms with Crippen molar-refractivity contribution < 1.29 is 14.7 Å². The number of rotatable bonds is 4. The van der Waals surface area contributed by atoms with Gasteiger partial charge in [-0.3, -0.25) is 4.79 Å². The van der Waals surface area contributed by atoms with Crippen LogP contribution >= 0.6 is 0 Å². The summed E-state index contributed by atoms with van der Waals surface area (Å²) in [4.78, 5) is 24.8. The maximum atomic E-state index is 12.2. The molecule has 0 atom stereocenters. The minimum Gasteiger partial charge on any atom is -0.478 e. The number of aromatic carboxylic acids is 1. The normalized spacial score (nSPS) is 14.3. The monoisotopic (exact) mass is 247 g/mol. The first-order valence-electron chi connectivity index (χ1n) is 6.08. The third kappa shape index (κ3) is 2.88. The van der Waals surface area contributed by atoms with Gasteiger partial charge in [0.05, 0.1) is 5.56 Å². The number of hydrogen-bond donors (Lipinski definition) is 1. The second-order valence-electron chi connectivity index (χ2n) is 5.02. The van der Waals surface area contributed by atoms with Gasteiger partial charge in [-0.05, 0) is 49.4 Å². The van der Waals surface area contributed by atoms with Gasteiger partial charge in [0, 0.05) is 19.2 Å². The first kappa shape index (κ1) is 12.6. The fourth-order valence-electron chi connectivity index (χ4n) is 2.02. The van der Waals surface area contributed by atoms with E-state index in [2.05, 4.69) is 0 Å². The van der Waals surface area contributed by atoms with E-state index in [-0.39, 0.29) is 11.5 Å². The number of aryl methyl sites for hydroxylation is 1. The van der Waals surface area contributed by atoms with Gasteiger partial charge < -0.3 is 10.0 Å². The summed E-state index contributed by atoms with van der Waals surface area (Å²) >= 11 is 0. The van der Waals surface area contributed by atoms with Gasteiger partial charge in [0.15, 0.2) is 0 Å². The Bertz CT molecular complexity index is 492. The maximum Gasteiger partial charge on any atom is 0.335 e. The fourth-order valence-corrected chi connectivity index (χ4v) is 2.02. The number of hydrogen-bond acceptors (Lipinski definition) is 2. The van der Waals surface area contributed by atoms with E-state index in [4.69, 9.17) is 5.11 Å². The van der Waals surface area contributed by atoms with Crippen LogP contribution in [-0.2, 0) is 0 Å². The summed E-state index contributed by atoms with van der Waals surface area (Å²) in [6, 6.07) is 4.75. The van der Waals surface area contributed by atoms with Crippen molar-refractivity contribution in [2.24, 2.45) is 5.92 Å². The van der Waals surface area contributed by atoms with Crippen LogP contribution < -0.4 is 0 Å². The van der Waals surface area contributed by atoms with Crippen LogP contribution in [0.3, 0.4) is 0 Å². The molecule has 1 aliphatic rings. The lowest BCUT2D eigenvalue weighted by Gasteiger charge is -2.17. The molecule has 0 aromatic heterocycles. The predicted molar refractivity (Wildman–Crippen MR) is 67.8 cm³/mol. The zero-order valence-electron chi connectivity index (χ0n) is 10.6. The molecule has 0 spiro atoms. The second-order valence-corrected chi connectivity index (χ2v) is 5.02. The van der Waals surface area contributed by atoms with E-state index in [0.29, 0.717) is 11.5 Å². The van der Waals surface area contributed by atoms with E-state index in [1.165, 1.54) is 18.9 Å². The molecule has 0 heterocycles. The van der Waals surface area contributed by atoms with E-state index in [1.807, 2.05) is 0 Å². The van der Waals surface area contributed by atoms with Gasteiger partial charge in [0.25, 0.3) is 5.91 Å². The average molecular weight is 247 g/mol. The highest BCUT2D eigenvalue weighted by atomic mass is 16.4. The van der Waals surface area contributed by atoms with Crippen LogP contribution in [0.25, 0.3) is 0 Å². The minimum atomic E-state index is -1.00. The first-order valence-corrected chi connectivity index (χ1v) is 6.08. The molecule has 2 rings (SSSR count). The van der Waals surface area contributed by atoms with Gasteiger partial charge in [0.1, 0.15) is 0 Å². The van der Waals surface area contributed by atoms with Gasteiger partial charge in [0.2, 0.25) is 0 Å². The zero-order chi connectivity index (χ0) is 13.3. The highest BCUT2D eigenvalue weighted by Gasteiger charge is 2.25. The lowest BCUT2D eigenvalue weighted by atomic mass is 10.1. The van der Waals surface area contributed by atoms with E-state index >= 15 is 0 Å². The summed E-state index contributed by atoms with van der Waals surface area (Å²) in [5.41, 5.74) is 1.41. The molecule has 0 aliphatic heterocycles. The van der Waals surface area contributed by atoms with Crippen LogP contribution in [0.1, 0.15) is 39.1 Å². The molecule has 1 aromatic rings. The highest BCUT2D eigenvalue weighted by Crippen LogP contribution is 2.29. The molecule has 1 N–H and O–H groups in total. The Hall–Kier alpha value is -1.84. The van der Waals surface area contributed by atoms with Gasteiger partial charge in [-0.25, -0.2) is 4.79 Å². The van der Waals surface area contributed by atoms with Crippen LogP contribution in [0.5, 0.6) is 0 Å². The second kappa shape index (κ2) is 4.80. The SMILES string of the molecule is Cc1cc(C(=O)O)cc(C(=O)N(C)CC2CC2)c1. The molecular weight excluding hydrogens is 230 g/mol. The quantitative estimate of drug-likeness (QED) is 0.887. The van der Waals surface area contributed by atoms with E-state index in [1.54, 1.807) is 31.0 Å². The van der Waals surface area contributed by atoms with Crippen LogP contribution in [-0.4, -0.2) is 35.5 Å². The van der Waals surface area contributed by atoms with Crippen molar-refractivity contribution in [1.82, 2.24) is 4.90 Å². The summed E-state index contributed by atoms with van der Waals surface area (Å²) < 4.78 is 0. The van der Waals surface area contributed by atoms with Gasteiger partial charge >= 0.3 is 5.97 Å². The lowest BCUT2D eigenvalue weighted by Crippen LogP contribution is -2.29. The molecule has 1 fully saturated rings. The van der Waals surface area contributed by atoms with Crippen LogP contribution in [0.4, 0.5) is 0 Å². The van der Waals surface area contributed by atoms with Gasteiger partial charge in [-0.15, -0.1) is 0 Å². The molecule has 0 saturated heterocycles. The summed E-state index contributed by atoms with van der Waals surface area (Å²) in [7, 11) is 1.77. The van der Waals surface area contributed by atoms with Crippen molar-refractivity contribution >= 4 is 11.9 Å². The summed E-state index contributed by atoms with van der Waals surface area (Å²) in [5, 5.41) is 8.98. The Morgan fingerprint density at radius 3 is 2.44 bits per heavy atom. The average Bonchev–Trinajstić information content (AvgIpc) is 3.11. The van der Waals surface area contributed by atoms with Crippen molar-refractivity contribution in [2.75, 3.05) is 13.6 Å². The third-order valence-electron chi connectivity index (χ3n) is 3.15. The highest BCUT2D eigenvalue weighted by molar-refractivity contribution is 5.97. The first-order chi connectivity index (χ1) is 8.47. The number of nitrogens with zero attached hydrogens (tertiary/aromatic N) is 1. The van der Waals surface area contributed by atoms with Crippen molar-refractivity contribution in [3.63, 3.8) is 0 Å². The van der Waals surface area contributed by atoms with Crippen LogP contribution in [0, 0.1) is 12.8 Å². The van der Waals surface area contributed by atoms with Crippen molar-refractivity contribution in [1.29, 1.82) is 0 Å². The molecule has 18 heavy (non-hydrogen) atoms. The molecule has 1 saturated carbocycles. The predicted octanol–water partition coefficient (Wildman–Crippen LogP) is 2.18. The summed E-state index contributed by atoms with van der Waals surface area (Å²) in [6.45, 7) is 2.55. The maximum absolute atomic E-state index is 12.2. The Kier molecular flexibility index (Phi) is 3.36. The van der Waals surface area contributed by atoms with Crippen LogP contribution in [0.15, 0.2) is 18.2 Å². The van der Waals surface area contributed by atoms with Crippen molar-refractivity contribution in [3.8, 4) is 0 Å². The Balaban J connectivity index is 2.20. The molecule has 1 aromatic carbocycles. The standard InChI is InChI=1S/C14H17NO3/c1-9-5-11(7-12(6-9)14(17)18)13(16)15(2)8-10-3-4-10/h5-7,10H,3-4,8H2,1-2H3,(H,17,18). The number of amides is 1. The smallest absolute Gasteiger partial charge is 0.335 e. The minimum absolute atomic E-state index is 0.104. The lowest BCUT2D eigenvalue weighted by molar-refractivity contribution is 0.0696. The molecule has 4 nitrogen and oxygen atoms in total. The van der Waals surface area contributed by atoms with Crippen molar-refractivity contribution in [3.05, 3.63) is 34.9 Å². The third-order valence-corrected chi connectivity index (χ3v) is 3.15. The molecular formula is C14H17NO3. The molecule has 1 aliphatic carbocycles. The molecule has 4 heteroatoms. The molecule has 0 unspecified atom stereocenters. The number of carboxylic acid groups (broad SMARTS) is 1. The number of carboxylic acids is 1.